The van der Waals surface area contributed by atoms with Crippen molar-refractivity contribution in [2.45, 2.75) is 32.2 Å². The topological polar surface area (TPSA) is 49.8 Å². The Bertz CT molecular complexity index is 572. The van der Waals surface area contributed by atoms with Crippen molar-refractivity contribution in [1.29, 1.82) is 0 Å². The van der Waals surface area contributed by atoms with Gasteiger partial charge in [-0.05, 0) is 30.5 Å². The maximum Gasteiger partial charge on any atom is 0.342 e. The van der Waals surface area contributed by atoms with Gasteiger partial charge in [0, 0.05) is 25.2 Å². The van der Waals surface area contributed by atoms with Gasteiger partial charge in [-0.15, -0.1) is 0 Å². The quantitative estimate of drug-likeness (QED) is 0.427. The molecule has 0 atom stereocenters. The first kappa shape index (κ1) is 17.0. The highest BCUT2D eigenvalue weighted by atomic mass is 17.1. The Balaban J connectivity index is 1.88. The molecule has 4 heteroatoms. The molecule has 2 rings (SSSR count). The van der Waals surface area contributed by atoms with E-state index < -0.39 is 5.97 Å². The fourth-order valence-electron chi connectivity index (χ4n) is 2.54. The van der Waals surface area contributed by atoms with Crippen LogP contribution in [0.3, 0.4) is 0 Å². The van der Waals surface area contributed by atoms with E-state index in [2.05, 4.69) is 46.2 Å². The highest BCUT2D eigenvalue weighted by Gasteiger charge is 2.07. The third-order valence-electron chi connectivity index (χ3n) is 3.75. The fourth-order valence-corrected chi connectivity index (χ4v) is 2.54. The first-order chi connectivity index (χ1) is 11.3. The van der Waals surface area contributed by atoms with Gasteiger partial charge in [0.05, 0.1) is 0 Å². The van der Waals surface area contributed by atoms with Crippen molar-refractivity contribution in [3.63, 3.8) is 0 Å². The zero-order valence-corrected chi connectivity index (χ0v) is 13.2. The maximum absolute atomic E-state index is 10.9. The molecule has 4 nitrogen and oxygen atoms in total. The molecule has 0 aliphatic carbocycles. The second-order valence-electron chi connectivity index (χ2n) is 5.52. The molecule has 0 saturated heterocycles. The summed E-state index contributed by atoms with van der Waals surface area (Å²) >= 11 is 0. The lowest BCUT2D eigenvalue weighted by atomic mass is 10.1. The van der Waals surface area contributed by atoms with Crippen LogP contribution in [0.4, 0.5) is 5.69 Å². The molecule has 0 spiro atoms. The van der Waals surface area contributed by atoms with E-state index in [4.69, 9.17) is 5.26 Å². The Hall–Kier alpha value is -2.33. The Labute approximate surface area is 137 Å². The lowest BCUT2D eigenvalue weighted by Gasteiger charge is -2.25. The van der Waals surface area contributed by atoms with Crippen LogP contribution in [0.1, 0.15) is 31.2 Å². The normalized spacial score (nSPS) is 10.3. The number of nitrogens with zero attached hydrogens (tertiary/aromatic N) is 1. The van der Waals surface area contributed by atoms with Crippen LogP contribution < -0.4 is 4.90 Å². The van der Waals surface area contributed by atoms with Gasteiger partial charge in [-0.1, -0.05) is 55.0 Å². The fraction of sp³-hybridized carbons (Fsp3) is 0.316. The van der Waals surface area contributed by atoms with Gasteiger partial charge < -0.3 is 9.79 Å². The van der Waals surface area contributed by atoms with Crippen molar-refractivity contribution in [2.24, 2.45) is 0 Å². The van der Waals surface area contributed by atoms with E-state index >= 15 is 0 Å². The van der Waals surface area contributed by atoms with Crippen LogP contribution in [0.5, 0.6) is 0 Å². The van der Waals surface area contributed by atoms with Crippen LogP contribution in [0.2, 0.25) is 0 Å². The molecular formula is C19H23NO3. The van der Waals surface area contributed by atoms with Gasteiger partial charge >= 0.3 is 5.97 Å². The summed E-state index contributed by atoms with van der Waals surface area (Å²) < 4.78 is 0. The van der Waals surface area contributed by atoms with Crippen LogP contribution in [-0.4, -0.2) is 17.8 Å². The van der Waals surface area contributed by atoms with Crippen molar-refractivity contribution >= 4 is 11.7 Å². The molecule has 0 fully saturated rings. The average molecular weight is 313 g/mol. The van der Waals surface area contributed by atoms with Gasteiger partial charge in [-0.3, -0.25) is 0 Å². The van der Waals surface area contributed by atoms with E-state index in [-0.39, 0.29) is 6.42 Å². The van der Waals surface area contributed by atoms with Crippen molar-refractivity contribution in [3.05, 3.63) is 66.2 Å². The molecule has 0 aromatic heterocycles. The van der Waals surface area contributed by atoms with Crippen molar-refractivity contribution in [2.75, 3.05) is 11.4 Å². The molecular weight excluding hydrogens is 290 g/mol. The Morgan fingerprint density at radius 2 is 1.57 bits per heavy atom. The molecule has 0 radical (unpaired) electrons. The molecule has 0 aliphatic rings. The zero-order chi connectivity index (χ0) is 16.3. The second-order valence-corrected chi connectivity index (χ2v) is 5.52. The number of para-hydroxylation sites is 1. The molecule has 0 saturated carbocycles. The summed E-state index contributed by atoms with van der Waals surface area (Å²) in [6.07, 6.45) is 2.90. The van der Waals surface area contributed by atoms with E-state index in [1.165, 1.54) is 11.3 Å². The number of hydrogen-bond donors (Lipinski definition) is 1. The highest BCUT2D eigenvalue weighted by Crippen LogP contribution is 2.18. The molecule has 1 N–H and O–H groups in total. The minimum absolute atomic E-state index is 0.264. The Kier molecular flexibility index (Phi) is 7.14. The number of benzene rings is 2. The van der Waals surface area contributed by atoms with Crippen LogP contribution in [0.25, 0.3) is 0 Å². The summed E-state index contributed by atoms with van der Waals surface area (Å²) in [6, 6.07) is 20.7. The Morgan fingerprint density at radius 1 is 0.913 bits per heavy atom. The Morgan fingerprint density at radius 3 is 2.22 bits per heavy atom. The number of carbonyl (C=O) groups is 1. The first-order valence-electron chi connectivity index (χ1n) is 7.98. The minimum Gasteiger partial charge on any atom is -0.367 e. The molecule has 0 bridgehead atoms. The van der Waals surface area contributed by atoms with Crippen LogP contribution in [-0.2, 0) is 16.2 Å². The smallest absolute Gasteiger partial charge is 0.342 e. The number of hydrogen-bond acceptors (Lipinski definition) is 4. The molecule has 0 amide bonds. The van der Waals surface area contributed by atoms with Gasteiger partial charge in [0.15, 0.2) is 0 Å². The predicted octanol–water partition coefficient (Wildman–Crippen LogP) is 4.27. The van der Waals surface area contributed by atoms with Gasteiger partial charge in [0.25, 0.3) is 0 Å². The maximum atomic E-state index is 10.9. The van der Waals surface area contributed by atoms with E-state index in [0.717, 1.165) is 32.4 Å². The van der Waals surface area contributed by atoms with Crippen molar-refractivity contribution in [1.82, 2.24) is 0 Å². The predicted molar refractivity (Wildman–Crippen MR) is 91.1 cm³/mol. The molecule has 0 aliphatic heterocycles. The SMILES string of the molecule is O=C(CCCCCN(Cc1ccccc1)c1ccccc1)OO. The van der Waals surface area contributed by atoms with Gasteiger partial charge in [0.1, 0.15) is 0 Å². The monoisotopic (exact) mass is 313 g/mol. The largest absolute Gasteiger partial charge is 0.367 e. The summed E-state index contributed by atoms with van der Waals surface area (Å²) in [7, 11) is 0. The first-order valence-corrected chi connectivity index (χ1v) is 7.98. The third-order valence-corrected chi connectivity index (χ3v) is 3.75. The summed E-state index contributed by atoms with van der Waals surface area (Å²) in [6.45, 7) is 1.79. The van der Waals surface area contributed by atoms with Crippen LogP contribution >= 0.6 is 0 Å². The number of anilines is 1. The van der Waals surface area contributed by atoms with Crippen LogP contribution in [0, 0.1) is 0 Å². The summed E-state index contributed by atoms with van der Waals surface area (Å²) in [4.78, 5) is 16.9. The van der Waals surface area contributed by atoms with Crippen molar-refractivity contribution in [3.8, 4) is 0 Å². The molecule has 0 unspecified atom stereocenters. The molecule has 2 aromatic rings. The van der Waals surface area contributed by atoms with E-state index in [9.17, 15) is 4.79 Å². The van der Waals surface area contributed by atoms with E-state index in [1.807, 2.05) is 24.3 Å². The number of unbranched alkanes of at least 4 members (excludes halogenated alkanes) is 2. The van der Waals surface area contributed by atoms with Gasteiger partial charge in [0.2, 0.25) is 0 Å². The van der Waals surface area contributed by atoms with E-state index in [1.54, 1.807) is 0 Å². The number of rotatable bonds is 9. The third kappa shape index (κ3) is 6.12. The molecule has 122 valence electrons. The molecule has 2 aromatic carbocycles. The van der Waals surface area contributed by atoms with Gasteiger partial charge in [-0.2, -0.15) is 5.26 Å². The lowest BCUT2D eigenvalue weighted by molar-refractivity contribution is -0.234. The van der Waals surface area contributed by atoms with Crippen LogP contribution in [0.15, 0.2) is 60.7 Å². The highest BCUT2D eigenvalue weighted by molar-refractivity contribution is 5.68. The molecule has 0 heterocycles. The average Bonchev–Trinajstić information content (AvgIpc) is 2.62. The standard InChI is InChI=1S/C19H23NO3/c21-19(23-22)14-8-3-9-15-20(18-12-6-2-7-13-18)16-17-10-4-1-5-11-17/h1-2,4-7,10-13,22H,3,8-9,14-16H2. The number of carbonyl (C=O) groups excluding carboxylic acids is 1. The minimum atomic E-state index is -0.561. The summed E-state index contributed by atoms with van der Waals surface area (Å²) in [5, 5.41) is 8.23. The van der Waals surface area contributed by atoms with E-state index in [0.29, 0.717) is 0 Å². The van der Waals surface area contributed by atoms with Gasteiger partial charge in [-0.25, -0.2) is 4.79 Å². The lowest BCUT2D eigenvalue weighted by Crippen LogP contribution is -2.23. The zero-order valence-electron chi connectivity index (χ0n) is 13.2. The summed E-state index contributed by atoms with van der Waals surface area (Å²) in [5.74, 6) is -0.561. The van der Waals surface area contributed by atoms with Crippen molar-refractivity contribution < 1.29 is 14.9 Å². The second kappa shape index (κ2) is 9.64. The summed E-state index contributed by atoms with van der Waals surface area (Å²) in [5.41, 5.74) is 2.48. The molecule has 23 heavy (non-hydrogen) atoms.